The average Bonchev–Trinajstić information content (AvgIpc) is 3.53. The van der Waals surface area contributed by atoms with Crippen molar-refractivity contribution in [1.82, 2.24) is 10.3 Å². The van der Waals surface area contributed by atoms with E-state index in [1.807, 2.05) is 55.5 Å². The highest BCUT2D eigenvalue weighted by molar-refractivity contribution is 7.80. The number of thiocarbonyl (C=S) groups is 1. The Hall–Kier alpha value is -4.23. The maximum absolute atomic E-state index is 12.7. The third-order valence-corrected chi connectivity index (χ3v) is 6.70. The van der Waals surface area contributed by atoms with Gasteiger partial charge in [-0.05, 0) is 96.7 Å². The van der Waals surface area contributed by atoms with Crippen LogP contribution < -0.4 is 10.6 Å². The zero-order valence-corrected chi connectivity index (χ0v) is 22.8. The molecule has 3 aromatic carbocycles. The molecule has 5 rings (SSSR count). The molecule has 0 saturated carbocycles. The van der Waals surface area contributed by atoms with Crippen LogP contribution in [0.2, 0.25) is 0 Å². The highest BCUT2D eigenvalue weighted by Crippen LogP contribution is 2.29. The van der Waals surface area contributed by atoms with Gasteiger partial charge in [0.25, 0.3) is 5.91 Å². The number of rotatable bonds is 4. The smallest absolute Gasteiger partial charge is 0.293 e. The van der Waals surface area contributed by atoms with E-state index in [0.717, 1.165) is 16.7 Å². The maximum atomic E-state index is 12.7. The molecule has 5 aromatic rings. The third kappa shape index (κ3) is 5.38. The number of aromatic nitrogens is 1. The molecule has 2 aromatic heterocycles. The second-order valence-electron chi connectivity index (χ2n) is 10.4. The summed E-state index contributed by atoms with van der Waals surface area (Å²) in [5.41, 5.74) is 7.53. The lowest BCUT2D eigenvalue weighted by Gasteiger charge is -2.18. The molecule has 0 spiro atoms. The first-order chi connectivity index (χ1) is 18.1. The molecule has 0 radical (unpaired) electrons. The van der Waals surface area contributed by atoms with Crippen molar-refractivity contribution in [1.29, 1.82) is 0 Å². The first-order valence-electron chi connectivity index (χ1n) is 12.4. The van der Waals surface area contributed by atoms with Gasteiger partial charge >= 0.3 is 0 Å². The molecule has 2 heterocycles. The Kier molecular flexibility index (Phi) is 6.63. The molecule has 0 unspecified atom stereocenters. The molecule has 0 aliphatic heterocycles. The van der Waals surface area contributed by atoms with Crippen LogP contribution in [-0.2, 0) is 5.41 Å². The molecule has 0 aliphatic carbocycles. The van der Waals surface area contributed by atoms with Gasteiger partial charge in [0.2, 0.25) is 5.89 Å². The predicted molar refractivity (Wildman–Crippen MR) is 155 cm³/mol. The summed E-state index contributed by atoms with van der Waals surface area (Å²) in [5, 5.41) is 5.86. The van der Waals surface area contributed by atoms with E-state index in [-0.39, 0.29) is 16.3 Å². The van der Waals surface area contributed by atoms with Crippen molar-refractivity contribution < 1.29 is 13.6 Å². The van der Waals surface area contributed by atoms with Gasteiger partial charge in [-0.1, -0.05) is 45.0 Å². The first-order valence-corrected chi connectivity index (χ1v) is 12.8. The number of furan rings is 1. The number of nitrogens with one attached hydrogen (secondary N) is 2. The lowest BCUT2D eigenvalue weighted by atomic mass is 9.87. The molecule has 0 fully saturated rings. The fraction of sp³-hybridized carbons (Fsp3) is 0.194. The van der Waals surface area contributed by atoms with E-state index in [0.29, 0.717) is 28.4 Å². The lowest BCUT2D eigenvalue weighted by molar-refractivity contribution is 0.0951. The topological polar surface area (TPSA) is 80.3 Å². The van der Waals surface area contributed by atoms with Crippen LogP contribution in [0.15, 0.2) is 81.6 Å². The molecule has 192 valence electrons. The van der Waals surface area contributed by atoms with Crippen molar-refractivity contribution in [2.24, 2.45) is 0 Å². The molecular weight excluding hydrogens is 494 g/mol. The monoisotopic (exact) mass is 523 g/mol. The molecule has 0 bridgehead atoms. The molecular formula is C31H29N3O3S. The molecule has 0 aliphatic rings. The molecule has 7 heteroatoms. The van der Waals surface area contributed by atoms with E-state index in [1.54, 1.807) is 12.1 Å². The number of carbonyl (C=O) groups excluding carboxylic acids is 1. The summed E-state index contributed by atoms with van der Waals surface area (Å²) in [6.07, 6.45) is 0. The van der Waals surface area contributed by atoms with Crippen LogP contribution in [-0.4, -0.2) is 16.0 Å². The van der Waals surface area contributed by atoms with Gasteiger partial charge in [-0.25, -0.2) is 4.98 Å². The zero-order valence-electron chi connectivity index (χ0n) is 22.0. The minimum absolute atomic E-state index is 0.0771. The fourth-order valence-electron chi connectivity index (χ4n) is 4.08. The highest BCUT2D eigenvalue weighted by Gasteiger charge is 2.16. The molecule has 6 nitrogen and oxygen atoms in total. The van der Waals surface area contributed by atoms with Crippen LogP contribution in [0.1, 0.15) is 48.0 Å². The number of oxazole rings is 1. The summed E-state index contributed by atoms with van der Waals surface area (Å²) in [5.74, 6) is 0.917. The highest BCUT2D eigenvalue weighted by atomic mass is 32.1. The minimum atomic E-state index is -0.430. The summed E-state index contributed by atoms with van der Waals surface area (Å²) in [7, 11) is 0. The van der Waals surface area contributed by atoms with Gasteiger partial charge in [0.1, 0.15) is 11.3 Å². The standard InChI is InChI=1S/C31H29N3O3S/c1-18-6-7-21(16-19(18)2)25-14-15-27(36-25)28(35)34-30(38)32-23-12-13-26-24(17-23)33-29(37-26)20-8-10-22(11-9-20)31(3,4)5/h6-17H,1-5H3,(H2,32,34,35,38). The van der Waals surface area contributed by atoms with Crippen molar-refractivity contribution in [3.63, 3.8) is 0 Å². The van der Waals surface area contributed by atoms with Gasteiger partial charge in [-0.3, -0.25) is 10.1 Å². The Balaban J connectivity index is 1.25. The lowest BCUT2D eigenvalue weighted by Crippen LogP contribution is -2.33. The molecule has 38 heavy (non-hydrogen) atoms. The summed E-state index contributed by atoms with van der Waals surface area (Å²) in [6, 6.07) is 23.2. The third-order valence-electron chi connectivity index (χ3n) is 6.49. The van der Waals surface area contributed by atoms with Crippen molar-refractivity contribution >= 4 is 40.0 Å². The van der Waals surface area contributed by atoms with Crippen LogP contribution in [0.4, 0.5) is 5.69 Å². The SMILES string of the molecule is Cc1ccc(-c2ccc(C(=O)NC(=S)Nc3ccc4oc(-c5ccc(C(C)(C)C)cc5)nc4c3)o2)cc1C. The Labute approximate surface area is 227 Å². The second-order valence-corrected chi connectivity index (χ2v) is 10.8. The van der Waals surface area contributed by atoms with E-state index in [2.05, 4.69) is 55.4 Å². The quantitative estimate of drug-likeness (QED) is 0.234. The Morgan fingerprint density at radius 3 is 2.29 bits per heavy atom. The molecule has 1 amide bonds. The summed E-state index contributed by atoms with van der Waals surface area (Å²) < 4.78 is 11.7. The number of fused-ring (bicyclic) bond motifs is 1. The van der Waals surface area contributed by atoms with Crippen molar-refractivity contribution in [2.75, 3.05) is 5.32 Å². The summed E-state index contributed by atoms with van der Waals surface area (Å²) >= 11 is 5.36. The fourth-order valence-corrected chi connectivity index (χ4v) is 4.29. The van der Waals surface area contributed by atoms with Crippen molar-refractivity contribution in [2.45, 2.75) is 40.0 Å². The van der Waals surface area contributed by atoms with Gasteiger partial charge in [0, 0.05) is 16.8 Å². The molecule has 0 saturated heterocycles. The Morgan fingerprint density at radius 1 is 0.842 bits per heavy atom. The van der Waals surface area contributed by atoms with Crippen LogP contribution in [0, 0.1) is 13.8 Å². The maximum Gasteiger partial charge on any atom is 0.293 e. The summed E-state index contributed by atoms with van der Waals surface area (Å²) in [6.45, 7) is 10.6. The van der Waals surface area contributed by atoms with E-state index in [1.165, 1.54) is 11.1 Å². The number of anilines is 1. The van der Waals surface area contributed by atoms with E-state index < -0.39 is 5.91 Å². The molecule has 0 atom stereocenters. The Bertz CT molecular complexity index is 1660. The summed E-state index contributed by atoms with van der Waals surface area (Å²) in [4.78, 5) is 17.4. The first kappa shape index (κ1) is 25.4. The van der Waals surface area contributed by atoms with E-state index >= 15 is 0 Å². The minimum Gasteiger partial charge on any atom is -0.451 e. The van der Waals surface area contributed by atoms with Crippen molar-refractivity contribution in [3.05, 3.63) is 95.2 Å². The number of benzene rings is 3. The van der Waals surface area contributed by atoms with Gasteiger partial charge in [0.05, 0.1) is 0 Å². The van der Waals surface area contributed by atoms with Crippen molar-refractivity contribution in [3.8, 4) is 22.8 Å². The number of carbonyl (C=O) groups is 1. The van der Waals surface area contributed by atoms with Crippen LogP contribution >= 0.6 is 12.2 Å². The van der Waals surface area contributed by atoms with E-state index in [4.69, 9.17) is 21.1 Å². The number of hydrogen-bond donors (Lipinski definition) is 2. The zero-order chi connectivity index (χ0) is 27.0. The van der Waals surface area contributed by atoms with Gasteiger partial charge in [-0.2, -0.15) is 0 Å². The molecule has 2 N–H and O–H groups in total. The van der Waals surface area contributed by atoms with E-state index in [9.17, 15) is 4.79 Å². The number of aryl methyl sites for hydroxylation is 2. The second kappa shape index (κ2) is 9.91. The van der Waals surface area contributed by atoms with Crippen LogP contribution in [0.25, 0.3) is 33.9 Å². The number of hydrogen-bond acceptors (Lipinski definition) is 5. The van der Waals surface area contributed by atoms with Crippen LogP contribution in [0.5, 0.6) is 0 Å². The predicted octanol–water partition coefficient (Wildman–Crippen LogP) is 7.80. The number of amides is 1. The number of nitrogens with zero attached hydrogens (tertiary/aromatic N) is 1. The van der Waals surface area contributed by atoms with Gasteiger partial charge in [0.15, 0.2) is 16.5 Å². The van der Waals surface area contributed by atoms with Gasteiger partial charge < -0.3 is 14.2 Å². The average molecular weight is 524 g/mol. The Morgan fingerprint density at radius 2 is 1.58 bits per heavy atom. The largest absolute Gasteiger partial charge is 0.451 e. The van der Waals surface area contributed by atoms with Crippen LogP contribution in [0.3, 0.4) is 0 Å². The normalized spacial score (nSPS) is 11.5. The van der Waals surface area contributed by atoms with Gasteiger partial charge in [-0.15, -0.1) is 0 Å².